The number of rotatable bonds is 6. The van der Waals surface area contributed by atoms with Crippen molar-refractivity contribution in [3.63, 3.8) is 0 Å². The highest BCUT2D eigenvalue weighted by atomic mass is 16.2. The van der Waals surface area contributed by atoms with Gasteiger partial charge in [0, 0.05) is 45.7 Å². The Labute approximate surface area is 228 Å². The fourth-order valence-corrected chi connectivity index (χ4v) is 6.30. The van der Waals surface area contributed by atoms with Gasteiger partial charge in [-0.3, -0.25) is 34.3 Å². The summed E-state index contributed by atoms with van der Waals surface area (Å²) in [6, 6.07) is 12.7. The Kier molecular flexibility index (Phi) is 7.29. The third kappa shape index (κ3) is 5.39. The highest BCUT2D eigenvalue weighted by molar-refractivity contribution is 6.23. The fraction of sp³-hybridized carbons (Fsp3) is 0.467. The molecule has 0 bridgehead atoms. The summed E-state index contributed by atoms with van der Waals surface area (Å²) in [6.07, 6.45) is 2.76. The van der Waals surface area contributed by atoms with Crippen LogP contribution >= 0.6 is 0 Å². The maximum absolute atomic E-state index is 13.2. The third-order valence-electron chi connectivity index (χ3n) is 8.57. The van der Waals surface area contributed by atoms with Gasteiger partial charge in [-0.25, -0.2) is 0 Å². The van der Waals surface area contributed by atoms with E-state index < -0.39 is 23.8 Å². The van der Waals surface area contributed by atoms with Gasteiger partial charge in [-0.15, -0.1) is 0 Å². The van der Waals surface area contributed by atoms with Crippen LogP contribution in [0.5, 0.6) is 0 Å². The number of amides is 4. The number of piperazine rings is 1. The smallest absolute Gasteiger partial charge is 0.262 e. The lowest BCUT2D eigenvalue weighted by Crippen LogP contribution is -2.54. The topological polar surface area (TPSA) is 102 Å². The maximum atomic E-state index is 13.2. The summed E-state index contributed by atoms with van der Waals surface area (Å²) in [5.74, 6) is -1.15. The van der Waals surface area contributed by atoms with E-state index in [2.05, 4.69) is 44.7 Å². The molecular weight excluding hydrogens is 494 g/mol. The quantitative estimate of drug-likeness (QED) is 0.551. The zero-order valence-electron chi connectivity index (χ0n) is 22.2. The zero-order chi connectivity index (χ0) is 26.9. The number of nitrogens with zero attached hydrogens (tertiary/aromatic N) is 3. The van der Waals surface area contributed by atoms with Gasteiger partial charge in [-0.2, -0.15) is 0 Å². The molecule has 204 valence electrons. The Bertz CT molecular complexity index is 1280. The van der Waals surface area contributed by atoms with Gasteiger partial charge in [0.2, 0.25) is 11.8 Å². The van der Waals surface area contributed by atoms with E-state index in [1.165, 1.54) is 38.0 Å². The molecule has 39 heavy (non-hydrogen) atoms. The van der Waals surface area contributed by atoms with Crippen LogP contribution in [0.1, 0.15) is 52.0 Å². The predicted octanol–water partition coefficient (Wildman–Crippen LogP) is 1.87. The standard InChI is InChI=1S/C30H35N5O4/c36-27-8-7-26(28(37)32-27)35-29(38)24-6-5-23(17-25(24)30(35)39)22-3-1-20(2-4-22)18-33-13-9-21(10-14-33)19-34-15-11-31-12-16-34/h1-6,17,21,26,31H,7-16,18-19H2,(H,32,36,37). The number of carbonyl (C=O) groups is 4. The van der Waals surface area contributed by atoms with E-state index in [9.17, 15) is 19.2 Å². The molecule has 4 aliphatic heterocycles. The lowest BCUT2D eigenvalue weighted by Gasteiger charge is -2.36. The molecule has 3 saturated heterocycles. The molecule has 2 N–H and O–H groups in total. The molecule has 1 unspecified atom stereocenters. The SMILES string of the molecule is O=C1CCC(N2C(=O)c3ccc(-c4ccc(CN5CCC(CN6CCNCC6)CC5)cc4)cc3C2=O)C(=O)N1. The molecule has 4 amide bonds. The first-order chi connectivity index (χ1) is 19.0. The van der Waals surface area contributed by atoms with E-state index in [0.29, 0.717) is 11.1 Å². The number of imide groups is 2. The molecule has 1 atom stereocenters. The molecule has 0 spiro atoms. The first kappa shape index (κ1) is 25.9. The van der Waals surface area contributed by atoms with Gasteiger partial charge in [-0.1, -0.05) is 30.3 Å². The molecule has 0 aromatic heterocycles. The normalized spacial score (nSPS) is 23.3. The number of hydrogen-bond donors (Lipinski definition) is 2. The van der Waals surface area contributed by atoms with Crippen molar-refractivity contribution in [2.24, 2.45) is 5.92 Å². The molecule has 3 fully saturated rings. The van der Waals surface area contributed by atoms with Crippen molar-refractivity contribution in [1.29, 1.82) is 0 Å². The summed E-state index contributed by atoms with van der Waals surface area (Å²) in [5, 5.41) is 5.66. The average molecular weight is 530 g/mol. The Balaban J connectivity index is 1.07. The second kappa shape index (κ2) is 11.0. The molecular formula is C30H35N5O4. The molecule has 0 saturated carbocycles. The molecule has 0 aliphatic carbocycles. The van der Waals surface area contributed by atoms with E-state index in [-0.39, 0.29) is 18.7 Å². The number of piperidine rings is 2. The van der Waals surface area contributed by atoms with Gasteiger partial charge in [0.15, 0.2) is 0 Å². The van der Waals surface area contributed by atoms with Crippen molar-refractivity contribution < 1.29 is 19.2 Å². The monoisotopic (exact) mass is 529 g/mol. The molecule has 9 heteroatoms. The number of benzene rings is 2. The molecule has 4 aliphatic rings. The molecule has 4 heterocycles. The second-order valence-electron chi connectivity index (χ2n) is 11.2. The largest absolute Gasteiger partial charge is 0.314 e. The van der Waals surface area contributed by atoms with Gasteiger partial charge in [0.25, 0.3) is 11.8 Å². The van der Waals surface area contributed by atoms with Gasteiger partial charge >= 0.3 is 0 Å². The Morgan fingerprint density at radius 2 is 1.44 bits per heavy atom. The van der Waals surface area contributed by atoms with Crippen LogP contribution in [0.4, 0.5) is 0 Å². The van der Waals surface area contributed by atoms with Crippen LogP contribution in [0.3, 0.4) is 0 Å². The maximum Gasteiger partial charge on any atom is 0.262 e. The van der Waals surface area contributed by atoms with Crippen LogP contribution in [0.2, 0.25) is 0 Å². The molecule has 0 radical (unpaired) electrons. The van der Waals surface area contributed by atoms with Gasteiger partial charge in [0.05, 0.1) is 11.1 Å². The molecule has 2 aromatic carbocycles. The van der Waals surface area contributed by atoms with Crippen molar-refractivity contribution in [3.05, 3.63) is 59.2 Å². The van der Waals surface area contributed by atoms with Crippen molar-refractivity contribution in [1.82, 2.24) is 25.3 Å². The number of fused-ring (bicyclic) bond motifs is 1. The van der Waals surface area contributed by atoms with Crippen molar-refractivity contribution in [3.8, 4) is 11.1 Å². The summed E-state index contributed by atoms with van der Waals surface area (Å²) in [5.41, 5.74) is 3.67. The highest BCUT2D eigenvalue weighted by Crippen LogP contribution is 2.31. The van der Waals surface area contributed by atoms with Crippen LogP contribution in [-0.4, -0.2) is 90.2 Å². The molecule has 6 rings (SSSR count). The highest BCUT2D eigenvalue weighted by Gasteiger charge is 2.44. The minimum atomic E-state index is -0.954. The van der Waals surface area contributed by atoms with Crippen LogP contribution < -0.4 is 10.6 Å². The van der Waals surface area contributed by atoms with Crippen molar-refractivity contribution in [2.75, 3.05) is 45.8 Å². The number of nitrogens with one attached hydrogen (secondary N) is 2. The number of hydrogen-bond acceptors (Lipinski definition) is 7. The van der Waals surface area contributed by atoms with Crippen molar-refractivity contribution >= 4 is 23.6 Å². The van der Waals surface area contributed by atoms with Crippen LogP contribution in [-0.2, 0) is 16.1 Å². The van der Waals surface area contributed by atoms with Crippen LogP contribution in [0.25, 0.3) is 11.1 Å². The lowest BCUT2D eigenvalue weighted by molar-refractivity contribution is -0.136. The second-order valence-corrected chi connectivity index (χ2v) is 11.2. The first-order valence-electron chi connectivity index (χ1n) is 14.1. The number of carbonyl (C=O) groups excluding carboxylic acids is 4. The summed E-state index contributed by atoms with van der Waals surface area (Å²) >= 11 is 0. The van der Waals surface area contributed by atoms with Crippen LogP contribution in [0.15, 0.2) is 42.5 Å². The van der Waals surface area contributed by atoms with E-state index in [4.69, 9.17) is 0 Å². The Hall–Kier alpha value is -3.40. The van der Waals surface area contributed by atoms with E-state index >= 15 is 0 Å². The third-order valence-corrected chi connectivity index (χ3v) is 8.57. The summed E-state index contributed by atoms with van der Waals surface area (Å²) in [4.78, 5) is 56.1. The van der Waals surface area contributed by atoms with Crippen molar-refractivity contribution in [2.45, 2.75) is 38.3 Å². The van der Waals surface area contributed by atoms with E-state index in [1.807, 2.05) is 6.07 Å². The summed E-state index contributed by atoms with van der Waals surface area (Å²) in [6.45, 7) is 8.96. The summed E-state index contributed by atoms with van der Waals surface area (Å²) in [7, 11) is 0. The van der Waals surface area contributed by atoms with E-state index in [1.54, 1.807) is 12.1 Å². The van der Waals surface area contributed by atoms with Gasteiger partial charge < -0.3 is 10.2 Å². The van der Waals surface area contributed by atoms with Gasteiger partial charge in [-0.05, 0) is 67.1 Å². The zero-order valence-corrected chi connectivity index (χ0v) is 22.2. The molecule has 9 nitrogen and oxygen atoms in total. The average Bonchev–Trinajstić information content (AvgIpc) is 3.20. The minimum absolute atomic E-state index is 0.107. The lowest BCUT2D eigenvalue weighted by atomic mass is 9.95. The van der Waals surface area contributed by atoms with E-state index in [0.717, 1.165) is 54.7 Å². The fourth-order valence-electron chi connectivity index (χ4n) is 6.30. The number of likely N-dealkylation sites (tertiary alicyclic amines) is 1. The minimum Gasteiger partial charge on any atom is -0.314 e. The van der Waals surface area contributed by atoms with Gasteiger partial charge in [0.1, 0.15) is 6.04 Å². The first-order valence-corrected chi connectivity index (χ1v) is 14.1. The Morgan fingerprint density at radius 1 is 0.744 bits per heavy atom. The summed E-state index contributed by atoms with van der Waals surface area (Å²) < 4.78 is 0. The van der Waals surface area contributed by atoms with Crippen LogP contribution in [0, 0.1) is 5.92 Å². The molecule has 2 aromatic rings. The predicted molar refractivity (Wildman–Crippen MR) is 146 cm³/mol. The Morgan fingerprint density at radius 3 is 2.15 bits per heavy atom.